The van der Waals surface area contributed by atoms with Crippen molar-refractivity contribution in [1.82, 2.24) is 4.98 Å². The van der Waals surface area contributed by atoms with Crippen LogP contribution in [0.4, 0.5) is 5.69 Å². The summed E-state index contributed by atoms with van der Waals surface area (Å²) in [4.78, 5) is 8.84. The predicted octanol–water partition coefficient (Wildman–Crippen LogP) is 6.82. The molecule has 0 amide bonds. The molecule has 0 unspecified atom stereocenters. The summed E-state index contributed by atoms with van der Waals surface area (Å²) >= 11 is 6.73. The Morgan fingerprint density at radius 1 is 1.25 bits per heavy atom. The minimum atomic E-state index is 0.593. The van der Waals surface area contributed by atoms with E-state index < -0.39 is 0 Å². The second-order valence-corrected chi connectivity index (χ2v) is 6.40. The van der Waals surface area contributed by atoms with E-state index in [4.69, 9.17) is 16.6 Å². The maximum atomic E-state index is 6.73. The van der Waals surface area contributed by atoms with E-state index >= 15 is 0 Å². The van der Waals surface area contributed by atoms with Crippen LogP contribution in [-0.4, -0.2) is 18.2 Å². The quantitative estimate of drug-likeness (QED) is 0.395. The maximum Gasteiger partial charge on any atom is 0.0916 e. The lowest BCUT2D eigenvalue weighted by atomic mass is 10.0. The summed E-state index contributed by atoms with van der Waals surface area (Å²) in [5.41, 5.74) is 6.57. The number of halogens is 1. The van der Waals surface area contributed by atoms with E-state index in [1.165, 1.54) is 0 Å². The molecule has 28 heavy (non-hydrogen) atoms. The van der Waals surface area contributed by atoms with E-state index in [1.54, 1.807) is 19.5 Å². The summed E-state index contributed by atoms with van der Waals surface area (Å²) in [7, 11) is 1.74. The molecule has 144 valence electrons. The van der Waals surface area contributed by atoms with E-state index in [2.05, 4.69) is 30.4 Å². The Kier molecular flexibility index (Phi) is 7.97. The monoisotopic (exact) mass is 391 g/mol. The molecule has 1 aromatic heterocycles. The zero-order valence-electron chi connectivity index (χ0n) is 16.7. The maximum absolute atomic E-state index is 6.73. The Morgan fingerprint density at radius 3 is 2.50 bits per heavy atom. The molecule has 0 aliphatic carbocycles. The number of allylic oxidation sites excluding steroid dienone is 4. The molecule has 0 aliphatic rings. The molecular weight excluding hydrogens is 366 g/mol. The van der Waals surface area contributed by atoms with Crippen LogP contribution < -0.4 is 5.32 Å². The number of pyridine rings is 1. The fraction of sp³-hybridized carbons (Fsp3) is 0.167. The molecule has 0 bridgehead atoms. The summed E-state index contributed by atoms with van der Waals surface area (Å²) in [5.74, 6) is 0. The van der Waals surface area contributed by atoms with Gasteiger partial charge in [0.2, 0.25) is 0 Å². The summed E-state index contributed by atoms with van der Waals surface area (Å²) in [6, 6.07) is 8.11. The molecule has 1 N–H and O–H groups in total. The summed E-state index contributed by atoms with van der Waals surface area (Å²) in [5, 5.41) is 3.78. The molecule has 2 aromatic rings. The molecule has 0 radical (unpaired) electrons. The van der Waals surface area contributed by atoms with E-state index in [0.29, 0.717) is 5.02 Å². The van der Waals surface area contributed by atoms with Crippen molar-refractivity contribution in [2.45, 2.75) is 20.3 Å². The number of benzene rings is 1. The first-order chi connectivity index (χ1) is 13.6. The SMILES string of the molecule is C=CNc1c(Cl)c(-c2ccc(/C(C=C)=C/C=NC)cc2)nc(/C=C\C)c1CC. The molecule has 1 heterocycles. The average molecular weight is 392 g/mol. The van der Waals surface area contributed by atoms with Crippen LogP contribution in [0.2, 0.25) is 5.02 Å². The Balaban J connectivity index is 2.61. The number of hydrogen-bond acceptors (Lipinski definition) is 3. The van der Waals surface area contributed by atoms with E-state index in [0.717, 1.165) is 45.8 Å². The van der Waals surface area contributed by atoms with Gasteiger partial charge in [0.15, 0.2) is 0 Å². The molecule has 0 aliphatic heterocycles. The third kappa shape index (κ3) is 4.68. The van der Waals surface area contributed by atoms with Crippen molar-refractivity contribution in [2.75, 3.05) is 12.4 Å². The molecule has 2 rings (SSSR count). The summed E-state index contributed by atoms with van der Waals surface area (Å²) < 4.78 is 0. The van der Waals surface area contributed by atoms with Crippen molar-refractivity contribution in [3.63, 3.8) is 0 Å². The number of aromatic nitrogens is 1. The highest BCUT2D eigenvalue weighted by Crippen LogP contribution is 2.37. The molecule has 0 spiro atoms. The van der Waals surface area contributed by atoms with Gasteiger partial charge in [-0.15, -0.1) is 0 Å². The van der Waals surface area contributed by atoms with Gasteiger partial charge in [-0.25, -0.2) is 4.98 Å². The molecule has 1 aromatic carbocycles. The Hall–Kier alpha value is -2.91. The van der Waals surface area contributed by atoms with Crippen LogP contribution in [0.15, 0.2) is 66.8 Å². The first kappa shape index (κ1) is 21.4. The second kappa shape index (κ2) is 10.4. The van der Waals surface area contributed by atoms with E-state index in [9.17, 15) is 0 Å². The number of aliphatic imine (C=N–C) groups is 1. The van der Waals surface area contributed by atoms with Crippen molar-refractivity contribution in [3.05, 3.63) is 83.7 Å². The van der Waals surface area contributed by atoms with Gasteiger partial charge in [0.1, 0.15) is 0 Å². The lowest BCUT2D eigenvalue weighted by Crippen LogP contribution is -2.02. The first-order valence-corrected chi connectivity index (χ1v) is 9.57. The molecule has 4 heteroatoms. The fourth-order valence-corrected chi connectivity index (χ4v) is 3.29. The van der Waals surface area contributed by atoms with Gasteiger partial charge in [0.25, 0.3) is 0 Å². The largest absolute Gasteiger partial charge is 0.361 e. The standard InChI is InChI=1S/C24H26ClN3/c1-6-10-21-20(8-3)24(27-9-4)22(25)23(28-21)19-13-11-18(12-14-19)17(7-2)15-16-26-5/h6-7,9-16H,2,4,8H2,1,3,5H3,(H,27,28)/b10-6-,17-15+,26-16?. The average Bonchev–Trinajstić information content (AvgIpc) is 2.72. The number of nitrogens with one attached hydrogen (secondary N) is 1. The number of hydrogen-bond donors (Lipinski definition) is 1. The van der Waals surface area contributed by atoms with Gasteiger partial charge in [-0.3, -0.25) is 4.99 Å². The Bertz CT molecular complexity index is 935. The highest BCUT2D eigenvalue weighted by molar-refractivity contribution is 6.36. The lowest BCUT2D eigenvalue weighted by molar-refractivity contribution is 1.09. The van der Waals surface area contributed by atoms with Gasteiger partial charge in [-0.1, -0.05) is 68.1 Å². The minimum Gasteiger partial charge on any atom is -0.361 e. The van der Waals surface area contributed by atoms with Crippen molar-refractivity contribution in [3.8, 4) is 11.3 Å². The second-order valence-electron chi connectivity index (χ2n) is 6.03. The van der Waals surface area contributed by atoms with Crippen LogP contribution in [0.5, 0.6) is 0 Å². The fourth-order valence-electron chi connectivity index (χ4n) is 2.97. The van der Waals surface area contributed by atoms with Crippen molar-refractivity contribution in [1.29, 1.82) is 0 Å². The highest BCUT2D eigenvalue weighted by atomic mass is 35.5. The van der Waals surface area contributed by atoms with Gasteiger partial charge in [-0.05, 0) is 42.8 Å². The summed E-state index contributed by atoms with van der Waals surface area (Å²) in [6.45, 7) is 11.7. The minimum absolute atomic E-state index is 0.593. The van der Waals surface area contributed by atoms with Crippen molar-refractivity contribution < 1.29 is 0 Å². The molecular formula is C24H26ClN3. The van der Waals surface area contributed by atoms with Gasteiger partial charge >= 0.3 is 0 Å². The molecule has 0 saturated carbocycles. The smallest absolute Gasteiger partial charge is 0.0916 e. The van der Waals surface area contributed by atoms with Crippen molar-refractivity contribution >= 4 is 35.2 Å². The molecule has 3 nitrogen and oxygen atoms in total. The molecule has 0 saturated heterocycles. The molecule has 0 atom stereocenters. The normalized spacial score (nSPS) is 11.9. The third-order valence-corrected chi connectivity index (χ3v) is 4.68. The van der Waals surface area contributed by atoms with Crippen LogP contribution in [0.1, 0.15) is 30.7 Å². The van der Waals surface area contributed by atoms with Crippen LogP contribution >= 0.6 is 11.6 Å². The summed E-state index contributed by atoms with van der Waals surface area (Å²) in [6.07, 6.45) is 11.9. The molecule has 0 fully saturated rings. The van der Waals surface area contributed by atoms with Crippen LogP contribution in [0.25, 0.3) is 22.9 Å². The number of anilines is 1. The lowest BCUT2D eigenvalue weighted by Gasteiger charge is -2.17. The third-order valence-electron chi connectivity index (χ3n) is 4.31. The predicted molar refractivity (Wildman–Crippen MR) is 125 cm³/mol. The van der Waals surface area contributed by atoms with Gasteiger partial charge in [0, 0.05) is 24.4 Å². The van der Waals surface area contributed by atoms with Gasteiger partial charge in [-0.2, -0.15) is 0 Å². The van der Waals surface area contributed by atoms with Crippen LogP contribution in [-0.2, 0) is 6.42 Å². The Morgan fingerprint density at radius 2 is 1.96 bits per heavy atom. The van der Waals surface area contributed by atoms with Crippen LogP contribution in [0, 0.1) is 0 Å². The first-order valence-electron chi connectivity index (χ1n) is 9.19. The zero-order valence-corrected chi connectivity index (χ0v) is 17.4. The van der Waals surface area contributed by atoms with E-state index in [1.807, 2.05) is 55.5 Å². The van der Waals surface area contributed by atoms with Crippen molar-refractivity contribution in [2.24, 2.45) is 4.99 Å². The van der Waals surface area contributed by atoms with E-state index in [-0.39, 0.29) is 0 Å². The topological polar surface area (TPSA) is 37.3 Å². The van der Waals surface area contributed by atoms with Crippen LogP contribution in [0.3, 0.4) is 0 Å². The number of rotatable bonds is 8. The Labute approximate surface area is 172 Å². The zero-order chi connectivity index (χ0) is 20.5. The van der Waals surface area contributed by atoms with Gasteiger partial charge < -0.3 is 5.32 Å². The highest BCUT2D eigenvalue weighted by Gasteiger charge is 2.17. The number of nitrogens with zero attached hydrogens (tertiary/aromatic N) is 2. The van der Waals surface area contributed by atoms with Gasteiger partial charge in [0.05, 0.1) is 22.1 Å².